The molecule has 0 aliphatic heterocycles. The van der Waals surface area contributed by atoms with Crippen LogP contribution in [-0.2, 0) is 20.1 Å². The van der Waals surface area contributed by atoms with Gasteiger partial charge in [0, 0.05) is 0 Å². The van der Waals surface area contributed by atoms with E-state index in [1.165, 1.54) is 0 Å². The van der Waals surface area contributed by atoms with E-state index in [9.17, 15) is 0 Å². The molecule has 0 atom stereocenters. The predicted octanol–water partition coefficient (Wildman–Crippen LogP) is -2.75. The Morgan fingerprint density at radius 1 is 0.500 bits per heavy atom. The van der Waals surface area contributed by atoms with Gasteiger partial charge in [-0.2, -0.15) is 0 Å². The molecule has 0 saturated carbocycles. The first-order valence-electron chi connectivity index (χ1n) is 0. The third-order valence-electron chi connectivity index (χ3n) is 0. The fraction of sp³-hybridized carbons (Fsp3) is 0. The van der Waals surface area contributed by atoms with Crippen molar-refractivity contribution in [1.29, 1.82) is 0 Å². The SMILES string of the molecule is [GeH2-].[GeH2-].[GeH2-].[Ir+3]. The van der Waals surface area contributed by atoms with E-state index in [1.807, 2.05) is 0 Å². The second kappa shape index (κ2) is 18.6. The van der Waals surface area contributed by atoms with Gasteiger partial charge in [-0.15, -0.1) is 0 Å². The van der Waals surface area contributed by atoms with E-state index < -0.39 is 0 Å². The van der Waals surface area contributed by atoms with Gasteiger partial charge in [-0.3, -0.25) is 0 Å². The Hall–Kier alpha value is 2.28. The van der Waals surface area contributed by atoms with Crippen LogP contribution in [-0.4, -0.2) is 52.8 Å². The Labute approximate surface area is 72.1 Å². The van der Waals surface area contributed by atoms with Gasteiger partial charge in [0.2, 0.25) is 0 Å². The summed E-state index contributed by atoms with van der Waals surface area (Å²) in [5, 5.41) is 0. The maximum absolute atomic E-state index is 0. The van der Waals surface area contributed by atoms with Crippen LogP contribution < -0.4 is 0 Å². The van der Waals surface area contributed by atoms with Crippen molar-refractivity contribution in [2.45, 2.75) is 0 Å². The van der Waals surface area contributed by atoms with Crippen LogP contribution in [0.5, 0.6) is 0 Å². The van der Waals surface area contributed by atoms with Gasteiger partial charge >= 0.3 is 72.9 Å². The Balaban J connectivity index is 0. The van der Waals surface area contributed by atoms with E-state index in [1.54, 1.807) is 0 Å². The quantitative estimate of drug-likeness (QED) is 0.376. The molecule has 4 heteroatoms. The van der Waals surface area contributed by atoms with Gasteiger partial charge in [0.05, 0.1) is 0 Å². The molecule has 0 aromatic carbocycles. The third-order valence-corrected chi connectivity index (χ3v) is 0. The number of hydrogen-bond acceptors (Lipinski definition) is 0. The second-order valence-corrected chi connectivity index (χ2v) is 0. The Morgan fingerprint density at radius 2 is 0.500 bits per heavy atom. The van der Waals surface area contributed by atoms with Gasteiger partial charge in [-0.05, 0) is 0 Å². The molecule has 0 amide bonds. The van der Waals surface area contributed by atoms with Gasteiger partial charge < -0.3 is 0 Å². The molecule has 0 rings (SSSR count). The molecule has 0 unspecified atom stereocenters. The predicted molar refractivity (Wildman–Crippen MR) is 25.6 cm³/mol. The van der Waals surface area contributed by atoms with Gasteiger partial charge in [0.15, 0.2) is 0 Å². The van der Waals surface area contributed by atoms with Crippen molar-refractivity contribution in [2.75, 3.05) is 0 Å². The van der Waals surface area contributed by atoms with Crippen LogP contribution in [0.2, 0.25) is 0 Å². The largest absolute Gasteiger partial charge is 3.00 e. The van der Waals surface area contributed by atoms with E-state index in [0.717, 1.165) is 0 Å². The topological polar surface area (TPSA) is 0 Å². The van der Waals surface area contributed by atoms with Crippen LogP contribution in [0, 0.1) is 0 Å². The van der Waals surface area contributed by atoms with Gasteiger partial charge in [0.25, 0.3) is 0 Å². The zero-order valence-corrected chi connectivity index (χ0v) is 13.8. The maximum Gasteiger partial charge on any atom is 3.00 e. The second-order valence-electron chi connectivity index (χ2n) is 0. The van der Waals surface area contributed by atoms with Gasteiger partial charge in [0.1, 0.15) is 0 Å². The molecule has 27 valence electrons. The minimum atomic E-state index is 0. The van der Waals surface area contributed by atoms with Crippen LogP contribution in [0.15, 0.2) is 0 Å². The molecule has 4 heavy (non-hydrogen) atoms. The molecule has 0 nitrogen and oxygen atoms in total. The molecule has 0 bridgehead atoms. The molecule has 0 heterocycles. The molecule has 0 fully saturated rings. The first-order chi connectivity index (χ1) is 0. The van der Waals surface area contributed by atoms with E-state index in [2.05, 4.69) is 0 Å². The van der Waals surface area contributed by atoms with Crippen LogP contribution in [0.25, 0.3) is 0 Å². The van der Waals surface area contributed by atoms with E-state index in [0.29, 0.717) is 0 Å². The molecule has 0 aromatic heterocycles. The minimum absolute atomic E-state index is 0. The summed E-state index contributed by atoms with van der Waals surface area (Å²) in [7, 11) is 0. The zero-order chi connectivity index (χ0) is 0. The molecule has 0 spiro atoms. The van der Waals surface area contributed by atoms with Crippen molar-refractivity contribution in [3.05, 3.63) is 0 Å². The Morgan fingerprint density at radius 3 is 0.500 bits per heavy atom. The molecular formula is H6Ge3Ir. The van der Waals surface area contributed by atoms with Gasteiger partial charge in [-0.25, -0.2) is 0 Å². The smallest absolute Gasteiger partial charge is 3.00 e. The fourth-order valence-corrected chi connectivity index (χ4v) is 0. The number of hydrogen-bond donors (Lipinski definition) is 0. The average Bonchev–Trinajstić information content (AvgIpc) is 0. The molecule has 0 aliphatic rings. The van der Waals surface area contributed by atoms with E-state index >= 15 is 0 Å². The van der Waals surface area contributed by atoms with Crippen molar-refractivity contribution < 1.29 is 20.1 Å². The van der Waals surface area contributed by atoms with Crippen LogP contribution in [0.1, 0.15) is 0 Å². The van der Waals surface area contributed by atoms with Crippen molar-refractivity contribution >= 4 is 52.8 Å². The Kier molecular flexibility index (Phi) is 157. The molecule has 0 aromatic rings. The summed E-state index contributed by atoms with van der Waals surface area (Å²) in [5.41, 5.74) is 0. The summed E-state index contributed by atoms with van der Waals surface area (Å²) in [5.74, 6) is 0. The first-order valence-corrected chi connectivity index (χ1v) is 0. The minimum Gasteiger partial charge on any atom is 3.00 e. The van der Waals surface area contributed by atoms with Crippen LogP contribution in [0.3, 0.4) is 0 Å². The summed E-state index contributed by atoms with van der Waals surface area (Å²) in [4.78, 5) is 0. The molecule has 0 aliphatic carbocycles. The summed E-state index contributed by atoms with van der Waals surface area (Å²) in [6.45, 7) is 0. The zero-order valence-electron chi connectivity index (χ0n) is 2.45. The number of rotatable bonds is 0. The van der Waals surface area contributed by atoms with Crippen molar-refractivity contribution in [3.63, 3.8) is 0 Å². The average molecular weight is 416 g/mol. The van der Waals surface area contributed by atoms with E-state index in [-0.39, 0.29) is 72.9 Å². The van der Waals surface area contributed by atoms with Crippen LogP contribution in [0.4, 0.5) is 0 Å². The molecule has 0 N–H and O–H groups in total. The summed E-state index contributed by atoms with van der Waals surface area (Å²) >= 11 is 0. The van der Waals surface area contributed by atoms with Crippen molar-refractivity contribution in [2.24, 2.45) is 0 Å². The molecule has 0 saturated heterocycles. The fourth-order valence-electron chi connectivity index (χ4n) is 0. The van der Waals surface area contributed by atoms with Gasteiger partial charge in [-0.1, -0.05) is 0 Å². The van der Waals surface area contributed by atoms with Crippen molar-refractivity contribution in [1.82, 2.24) is 0 Å². The van der Waals surface area contributed by atoms with Crippen molar-refractivity contribution in [3.8, 4) is 0 Å². The standard InChI is InChI=1S/3GeH2.Ir/h3*1H2;/q3*-1;+3. The summed E-state index contributed by atoms with van der Waals surface area (Å²) in [6.07, 6.45) is 0. The monoisotopic (exact) mass is 421 g/mol. The molecule has 3 radical (unpaired) electrons. The summed E-state index contributed by atoms with van der Waals surface area (Å²) in [6, 6.07) is 0. The first kappa shape index (κ1) is 33.7. The Bertz CT molecular complexity index is 3.25. The third kappa shape index (κ3) is 8.86. The molecular weight excluding hydrogens is 410 g/mol. The summed E-state index contributed by atoms with van der Waals surface area (Å²) < 4.78 is 0. The normalized spacial score (nSPS) is 0. The maximum atomic E-state index is 0. The van der Waals surface area contributed by atoms with Crippen LogP contribution >= 0.6 is 0 Å². The van der Waals surface area contributed by atoms with E-state index in [4.69, 9.17) is 0 Å².